The van der Waals surface area contributed by atoms with Gasteiger partial charge in [-0.2, -0.15) is 0 Å². The molecular weight excluding hydrogens is 492 g/mol. The van der Waals surface area contributed by atoms with Gasteiger partial charge in [-0.15, -0.1) is 0 Å². The maximum atomic E-state index is 11.2. The van der Waals surface area contributed by atoms with Crippen molar-refractivity contribution in [1.82, 2.24) is 9.97 Å². The van der Waals surface area contributed by atoms with Crippen molar-refractivity contribution in [3.8, 4) is 23.1 Å². The maximum Gasteiger partial charge on any atom is 0.328 e. The average Bonchev–Trinajstić information content (AvgIpc) is 2.82. The van der Waals surface area contributed by atoms with Crippen molar-refractivity contribution in [3.63, 3.8) is 0 Å². The zero-order valence-electron chi connectivity index (χ0n) is 19.2. The molecule has 0 aliphatic heterocycles. The molecule has 0 unspecified atom stereocenters. The van der Waals surface area contributed by atoms with Gasteiger partial charge in [0.2, 0.25) is 0 Å². The normalized spacial score (nSPS) is 10.2. The molecule has 0 atom stereocenters. The molecule has 0 amide bonds. The Labute approximate surface area is 211 Å². The summed E-state index contributed by atoms with van der Waals surface area (Å²) in [5.74, 6) is -0.921. The predicted molar refractivity (Wildman–Crippen MR) is 130 cm³/mol. The second-order valence-electron chi connectivity index (χ2n) is 6.90. The van der Waals surface area contributed by atoms with Gasteiger partial charge in [0, 0.05) is 36.5 Å². The molecule has 2 aromatic heterocycles. The van der Waals surface area contributed by atoms with Gasteiger partial charge in [-0.25, -0.2) is 14.6 Å². The standard InChI is InChI=1S/C21H19ClN2O4.C4H4O4/c1-15(25)27-20-14-23-11-9-16(20)5-4-12-26-19-8-3-10-24-21(19)28-18-7-2-6-17(22)13-18;5-3(6)1-2-4(7)8/h2-3,6-11,13-14H,4-5,12H2,1H3;1-2H,(H,5,6)(H,7,8)/b;2-1+. The van der Waals surface area contributed by atoms with E-state index in [9.17, 15) is 14.4 Å². The van der Waals surface area contributed by atoms with Crippen LogP contribution in [0, 0.1) is 0 Å². The number of ether oxygens (including phenoxy) is 3. The van der Waals surface area contributed by atoms with Gasteiger partial charge in [-0.05, 0) is 54.8 Å². The number of pyridine rings is 2. The minimum atomic E-state index is -1.26. The Hall–Kier alpha value is -4.44. The number of nitrogens with zero attached hydrogens (tertiary/aromatic N) is 2. The highest BCUT2D eigenvalue weighted by Gasteiger charge is 2.09. The van der Waals surface area contributed by atoms with Gasteiger partial charge in [0.25, 0.3) is 5.88 Å². The lowest BCUT2D eigenvalue weighted by atomic mass is 10.1. The number of hydrogen-bond donors (Lipinski definition) is 2. The SMILES string of the molecule is CC(=O)Oc1cnccc1CCCOc1cccnc1Oc1cccc(Cl)c1.O=C(O)/C=C/C(=O)O. The Kier molecular flexibility index (Phi) is 11.4. The summed E-state index contributed by atoms with van der Waals surface area (Å²) in [6, 6.07) is 12.5. The van der Waals surface area contributed by atoms with Crippen LogP contribution >= 0.6 is 11.6 Å². The fourth-order valence-electron chi connectivity index (χ4n) is 2.65. The van der Waals surface area contributed by atoms with E-state index < -0.39 is 11.9 Å². The Balaban J connectivity index is 0.000000493. The topological polar surface area (TPSA) is 145 Å². The molecule has 0 bridgehead atoms. The van der Waals surface area contributed by atoms with Crippen molar-refractivity contribution in [2.24, 2.45) is 0 Å². The first-order valence-electron chi connectivity index (χ1n) is 10.5. The first-order chi connectivity index (χ1) is 17.2. The molecule has 3 rings (SSSR count). The van der Waals surface area contributed by atoms with Crippen molar-refractivity contribution < 1.29 is 38.8 Å². The van der Waals surface area contributed by atoms with Gasteiger partial charge < -0.3 is 24.4 Å². The van der Waals surface area contributed by atoms with E-state index in [1.54, 1.807) is 48.8 Å². The van der Waals surface area contributed by atoms with Crippen molar-refractivity contribution in [2.45, 2.75) is 19.8 Å². The monoisotopic (exact) mass is 514 g/mol. The summed E-state index contributed by atoms with van der Waals surface area (Å²) in [6.45, 7) is 1.81. The minimum Gasteiger partial charge on any atom is -0.488 e. The number of rotatable bonds is 10. The quantitative estimate of drug-likeness (QED) is 0.224. The van der Waals surface area contributed by atoms with Crippen molar-refractivity contribution in [1.29, 1.82) is 0 Å². The highest BCUT2D eigenvalue weighted by Crippen LogP contribution is 2.30. The second kappa shape index (κ2) is 14.7. The summed E-state index contributed by atoms with van der Waals surface area (Å²) in [5.41, 5.74) is 0.899. The highest BCUT2D eigenvalue weighted by atomic mass is 35.5. The van der Waals surface area contributed by atoms with E-state index in [4.69, 9.17) is 36.0 Å². The van der Waals surface area contributed by atoms with Crippen LogP contribution in [0.25, 0.3) is 0 Å². The van der Waals surface area contributed by atoms with Crippen LogP contribution in [0.1, 0.15) is 18.9 Å². The zero-order chi connectivity index (χ0) is 26.3. The van der Waals surface area contributed by atoms with Crippen LogP contribution in [0.5, 0.6) is 23.1 Å². The number of aryl methyl sites for hydroxylation is 1. The Morgan fingerprint density at radius 2 is 1.75 bits per heavy atom. The third kappa shape index (κ3) is 10.7. The number of halogens is 1. The largest absolute Gasteiger partial charge is 0.488 e. The second-order valence-corrected chi connectivity index (χ2v) is 7.34. The molecule has 10 nitrogen and oxygen atoms in total. The van der Waals surface area contributed by atoms with Crippen LogP contribution in [-0.4, -0.2) is 44.7 Å². The molecule has 0 aliphatic rings. The van der Waals surface area contributed by atoms with Crippen LogP contribution in [-0.2, 0) is 20.8 Å². The molecule has 11 heteroatoms. The molecular formula is C25H23ClN2O8. The van der Waals surface area contributed by atoms with Crippen LogP contribution in [0.15, 0.2) is 73.2 Å². The molecule has 0 saturated carbocycles. The molecule has 1 aromatic carbocycles. The molecule has 2 N–H and O–H groups in total. The van der Waals surface area contributed by atoms with Gasteiger partial charge in [0.1, 0.15) is 5.75 Å². The van der Waals surface area contributed by atoms with E-state index in [0.717, 1.165) is 5.56 Å². The van der Waals surface area contributed by atoms with E-state index >= 15 is 0 Å². The fourth-order valence-corrected chi connectivity index (χ4v) is 2.83. The van der Waals surface area contributed by atoms with Crippen LogP contribution in [0.3, 0.4) is 0 Å². The highest BCUT2D eigenvalue weighted by molar-refractivity contribution is 6.30. The van der Waals surface area contributed by atoms with Gasteiger partial charge in [-0.3, -0.25) is 9.78 Å². The molecule has 36 heavy (non-hydrogen) atoms. The minimum absolute atomic E-state index is 0.370. The first kappa shape index (κ1) is 27.8. The number of esters is 1. The number of aliphatic carboxylic acids is 2. The number of aromatic nitrogens is 2. The smallest absolute Gasteiger partial charge is 0.328 e. The Morgan fingerprint density at radius 3 is 2.42 bits per heavy atom. The van der Waals surface area contributed by atoms with Crippen LogP contribution < -0.4 is 14.2 Å². The number of hydrogen-bond acceptors (Lipinski definition) is 8. The van der Waals surface area contributed by atoms with E-state index in [1.807, 2.05) is 6.07 Å². The molecule has 2 heterocycles. The molecule has 0 radical (unpaired) electrons. The van der Waals surface area contributed by atoms with E-state index in [0.29, 0.717) is 59.8 Å². The third-order valence-corrected chi connectivity index (χ3v) is 4.32. The third-order valence-electron chi connectivity index (χ3n) is 4.09. The lowest BCUT2D eigenvalue weighted by Crippen LogP contribution is -2.06. The van der Waals surface area contributed by atoms with E-state index in [-0.39, 0.29) is 5.97 Å². The predicted octanol–water partition coefficient (Wildman–Crippen LogP) is 4.57. The lowest BCUT2D eigenvalue weighted by Gasteiger charge is -2.12. The summed E-state index contributed by atoms with van der Waals surface area (Å²) < 4.78 is 16.8. The molecule has 188 valence electrons. The first-order valence-corrected chi connectivity index (χ1v) is 10.9. The summed E-state index contributed by atoms with van der Waals surface area (Å²) in [5, 5.41) is 16.2. The Morgan fingerprint density at radius 1 is 1.00 bits per heavy atom. The molecule has 0 spiro atoms. The number of carboxylic acid groups (broad SMARTS) is 2. The van der Waals surface area contributed by atoms with Crippen LogP contribution in [0.2, 0.25) is 5.02 Å². The van der Waals surface area contributed by atoms with Gasteiger partial charge in [0.05, 0.1) is 12.8 Å². The molecule has 3 aromatic rings. The fraction of sp³-hybridized carbons (Fsp3) is 0.160. The van der Waals surface area contributed by atoms with Crippen molar-refractivity contribution >= 4 is 29.5 Å². The van der Waals surface area contributed by atoms with Crippen molar-refractivity contribution in [2.75, 3.05) is 6.61 Å². The van der Waals surface area contributed by atoms with E-state index in [1.165, 1.54) is 13.1 Å². The summed E-state index contributed by atoms with van der Waals surface area (Å²) in [4.78, 5) is 38.5. The number of carboxylic acids is 2. The van der Waals surface area contributed by atoms with Gasteiger partial charge >= 0.3 is 17.9 Å². The molecule has 0 saturated heterocycles. The summed E-state index contributed by atoms with van der Waals surface area (Å²) in [6.07, 6.45) is 7.34. The Bertz CT molecular complexity index is 1200. The zero-order valence-corrected chi connectivity index (χ0v) is 19.9. The number of carbonyl (C=O) groups is 3. The average molecular weight is 515 g/mol. The summed E-state index contributed by atoms with van der Waals surface area (Å²) >= 11 is 5.99. The number of benzene rings is 1. The lowest BCUT2D eigenvalue weighted by molar-refractivity contribution is -0.134. The van der Waals surface area contributed by atoms with Crippen LogP contribution in [0.4, 0.5) is 0 Å². The number of carbonyl (C=O) groups excluding carboxylic acids is 1. The van der Waals surface area contributed by atoms with E-state index in [2.05, 4.69) is 9.97 Å². The summed E-state index contributed by atoms with van der Waals surface area (Å²) in [7, 11) is 0. The molecule has 0 fully saturated rings. The molecule has 0 aliphatic carbocycles. The van der Waals surface area contributed by atoms with Crippen molar-refractivity contribution in [3.05, 3.63) is 83.8 Å². The maximum absolute atomic E-state index is 11.2. The van der Waals surface area contributed by atoms with Gasteiger partial charge in [0.15, 0.2) is 11.5 Å². The van der Waals surface area contributed by atoms with Gasteiger partial charge in [-0.1, -0.05) is 17.7 Å².